The van der Waals surface area contributed by atoms with Crippen LogP contribution < -0.4 is 4.90 Å². The molecule has 33 heavy (non-hydrogen) atoms. The van der Waals surface area contributed by atoms with Crippen molar-refractivity contribution in [1.29, 1.82) is 0 Å². The first-order chi connectivity index (χ1) is 16.0. The normalized spacial score (nSPS) is 19.2. The second kappa shape index (κ2) is 10.6. The van der Waals surface area contributed by atoms with Crippen molar-refractivity contribution in [2.24, 2.45) is 0 Å². The number of carbonyl (C=O) groups excluding carboxylic acids is 1. The van der Waals surface area contributed by atoms with Gasteiger partial charge >= 0.3 is 0 Å². The molecule has 0 spiro atoms. The molecule has 0 bridgehead atoms. The fourth-order valence-corrected chi connectivity index (χ4v) is 5.26. The van der Waals surface area contributed by atoms with Crippen molar-refractivity contribution < 1.29 is 4.79 Å². The smallest absolute Gasteiger partial charge is 0.257 e. The topological polar surface area (TPSA) is 52.6 Å². The molecule has 2 aromatic rings. The Morgan fingerprint density at radius 3 is 2.45 bits per heavy atom. The zero-order valence-electron chi connectivity index (χ0n) is 20.8. The van der Waals surface area contributed by atoms with Crippen LogP contribution in [0.25, 0.3) is 0 Å². The highest BCUT2D eigenvalue weighted by molar-refractivity contribution is 5.94. The van der Waals surface area contributed by atoms with E-state index in [9.17, 15) is 4.79 Å². The zero-order valence-corrected chi connectivity index (χ0v) is 20.8. The molecule has 6 nitrogen and oxygen atoms in total. The highest BCUT2D eigenvalue weighted by Gasteiger charge is 2.28. The fourth-order valence-electron chi connectivity index (χ4n) is 5.26. The summed E-state index contributed by atoms with van der Waals surface area (Å²) in [5.41, 5.74) is 5.51. The van der Waals surface area contributed by atoms with Crippen molar-refractivity contribution in [3.05, 3.63) is 52.6 Å². The van der Waals surface area contributed by atoms with Crippen LogP contribution in [0, 0.1) is 13.8 Å². The molecule has 0 saturated carbocycles. The quantitative estimate of drug-likeness (QED) is 0.602. The predicted octanol–water partition coefficient (Wildman–Crippen LogP) is 4.90. The Balaban J connectivity index is 1.52. The van der Waals surface area contributed by atoms with Gasteiger partial charge in [-0.1, -0.05) is 12.5 Å². The molecule has 2 fully saturated rings. The van der Waals surface area contributed by atoms with Crippen molar-refractivity contribution in [2.75, 3.05) is 37.6 Å². The molecule has 3 heterocycles. The first kappa shape index (κ1) is 23.7. The second-order valence-electron chi connectivity index (χ2n) is 9.49. The standard InChI is InChI=1S/C27H39N5O/c1-5-30(6-2)27(33)24-18-28-26(29-21(24)4)25-11-7-8-16-32(25)19-22-12-13-23(17-20(22)3)31-14-9-10-15-31/h12-13,17-18,25H,5-11,14-16,19H2,1-4H3. The van der Waals surface area contributed by atoms with E-state index < -0.39 is 0 Å². The van der Waals surface area contributed by atoms with Crippen molar-refractivity contribution in [3.63, 3.8) is 0 Å². The summed E-state index contributed by atoms with van der Waals surface area (Å²) in [5.74, 6) is 0.882. The fraction of sp³-hybridized carbons (Fsp3) is 0.593. The van der Waals surface area contributed by atoms with Crippen molar-refractivity contribution in [1.82, 2.24) is 19.8 Å². The highest BCUT2D eigenvalue weighted by atomic mass is 16.2. The van der Waals surface area contributed by atoms with Gasteiger partial charge in [-0.2, -0.15) is 0 Å². The van der Waals surface area contributed by atoms with Crippen molar-refractivity contribution in [2.45, 2.75) is 72.4 Å². The predicted molar refractivity (Wildman–Crippen MR) is 134 cm³/mol. The minimum atomic E-state index is 0.0262. The summed E-state index contributed by atoms with van der Waals surface area (Å²) in [7, 11) is 0. The van der Waals surface area contributed by atoms with Crippen molar-refractivity contribution in [3.8, 4) is 0 Å². The molecular weight excluding hydrogens is 410 g/mol. The molecule has 1 aromatic heterocycles. The van der Waals surface area contributed by atoms with Gasteiger partial charge in [0, 0.05) is 44.6 Å². The second-order valence-corrected chi connectivity index (χ2v) is 9.49. The molecule has 1 amide bonds. The number of hydrogen-bond donors (Lipinski definition) is 0. The van der Waals surface area contributed by atoms with E-state index in [0.717, 1.165) is 31.0 Å². The lowest BCUT2D eigenvalue weighted by Crippen LogP contribution is -2.35. The van der Waals surface area contributed by atoms with Gasteiger partial charge in [-0.15, -0.1) is 0 Å². The van der Waals surface area contributed by atoms with Crippen LogP contribution in [0.4, 0.5) is 5.69 Å². The molecule has 0 radical (unpaired) electrons. The van der Waals surface area contributed by atoms with Crippen LogP contribution in [0.3, 0.4) is 0 Å². The molecule has 2 aliphatic rings. The van der Waals surface area contributed by atoms with Gasteiger partial charge in [0.05, 0.1) is 17.3 Å². The number of carbonyl (C=O) groups is 1. The van der Waals surface area contributed by atoms with Gasteiger partial charge in [-0.05, 0) is 83.2 Å². The first-order valence-electron chi connectivity index (χ1n) is 12.7. The van der Waals surface area contributed by atoms with E-state index in [-0.39, 0.29) is 11.9 Å². The number of amides is 1. The maximum absolute atomic E-state index is 12.8. The van der Waals surface area contributed by atoms with Crippen LogP contribution in [0.2, 0.25) is 0 Å². The molecule has 1 aromatic carbocycles. The van der Waals surface area contributed by atoms with Gasteiger partial charge in [0.1, 0.15) is 5.82 Å². The van der Waals surface area contributed by atoms with E-state index in [2.05, 4.69) is 34.9 Å². The van der Waals surface area contributed by atoms with Gasteiger partial charge in [0.25, 0.3) is 5.91 Å². The molecular formula is C27H39N5O. The monoisotopic (exact) mass is 449 g/mol. The van der Waals surface area contributed by atoms with Gasteiger partial charge in [-0.25, -0.2) is 9.97 Å². The lowest BCUT2D eigenvalue weighted by atomic mass is 9.98. The molecule has 0 N–H and O–H groups in total. The molecule has 4 rings (SSSR count). The van der Waals surface area contributed by atoms with E-state index in [4.69, 9.17) is 9.97 Å². The van der Waals surface area contributed by atoms with Gasteiger partial charge in [-0.3, -0.25) is 9.69 Å². The van der Waals surface area contributed by atoms with Crippen LogP contribution >= 0.6 is 0 Å². The summed E-state index contributed by atoms with van der Waals surface area (Å²) in [6.07, 6.45) is 7.81. The van der Waals surface area contributed by atoms with E-state index in [1.54, 1.807) is 6.20 Å². The summed E-state index contributed by atoms with van der Waals surface area (Å²) < 4.78 is 0. The number of likely N-dealkylation sites (tertiary alicyclic amines) is 1. The number of piperidine rings is 1. The number of hydrogen-bond acceptors (Lipinski definition) is 5. The Bertz CT molecular complexity index is 965. The average Bonchev–Trinajstić information content (AvgIpc) is 3.36. The maximum atomic E-state index is 12.8. The molecule has 2 aliphatic heterocycles. The Labute approximate surface area is 199 Å². The van der Waals surface area contributed by atoms with Crippen LogP contribution in [-0.2, 0) is 6.54 Å². The Morgan fingerprint density at radius 2 is 1.79 bits per heavy atom. The lowest BCUT2D eigenvalue weighted by molar-refractivity contribution is 0.0770. The van der Waals surface area contributed by atoms with Crippen LogP contribution in [0.1, 0.15) is 85.0 Å². The number of nitrogens with zero attached hydrogens (tertiary/aromatic N) is 5. The lowest BCUT2D eigenvalue weighted by Gasteiger charge is -2.35. The number of aromatic nitrogens is 2. The Morgan fingerprint density at radius 1 is 1.06 bits per heavy atom. The zero-order chi connectivity index (χ0) is 23.4. The molecule has 0 aliphatic carbocycles. The number of aryl methyl sites for hydroxylation is 2. The van der Waals surface area contributed by atoms with Gasteiger partial charge < -0.3 is 9.80 Å². The molecule has 1 unspecified atom stereocenters. The number of rotatable bonds is 7. The van der Waals surface area contributed by atoms with Crippen LogP contribution in [0.5, 0.6) is 0 Å². The third kappa shape index (κ3) is 5.21. The summed E-state index contributed by atoms with van der Waals surface area (Å²) in [6, 6.07) is 7.16. The third-order valence-corrected chi connectivity index (χ3v) is 7.36. The van der Waals surface area contributed by atoms with Crippen LogP contribution in [0.15, 0.2) is 24.4 Å². The minimum Gasteiger partial charge on any atom is -0.372 e. The molecule has 178 valence electrons. The van der Waals surface area contributed by atoms with Gasteiger partial charge in [0.15, 0.2) is 0 Å². The van der Waals surface area contributed by atoms with E-state index in [0.29, 0.717) is 18.7 Å². The SMILES string of the molecule is CCN(CC)C(=O)c1cnc(C2CCCCN2Cc2ccc(N3CCCC3)cc2C)nc1C. The Hall–Kier alpha value is -2.47. The summed E-state index contributed by atoms with van der Waals surface area (Å²) in [6.45, 7) is 13.9. The molecule has 1 atom stereocenters. The average molecular weight is 450 g/mol. The van der Waals surface area contributed by atoms with Crippen LogP contribution in [-0.4, -0.2) is 58.4 Å². The number of benzene rings is 1. The minimum absolute atomic E-state index is 0.0262. The van der Waals surface area contributed by atoms with E-state index in [1.807, 2.05) is 25.7 Å². The maximum Gasteiger partial charge on any atom is 0.257 e. The largest absolute Gasteiger partial charge is 0.372 e. The van der Waals surface area contributed by atoms with Crippen molar-refractivity contribution >= 4 is 11.6 Å². The van der Waals surface area contributed by atoms with E-state index >= 15 is 0 Å². The summed E-state index contributed by atoms with van der Waals surface area (Å²) in [5, 5.41) is 0. The summed E-state index contributed by atoms with van der Waals surface area (Å²) >= 11 is 0. The highest BCUT2D eigenvalue weighted by Crippen LogP contribution is 2.32. The van der Waals surface area contributed by atoms with E-state index in [1.165, 1.54) is 55.6 Å². The summed E-state index contributed by atoms with van der Waals surface area (Å²) in [4.78, 5) is 29.2. The third-order valence-electron chi connectivity index (χ3n) is 7.36. The van der Waals surface area contributed by atoms with Gasteiger partial charge in [0.2, 0.25) is 0 Å². The number of anilines is 1. The molecule has 2 saturated heterocycles. The Kier molecular flexibility index (Phi) is 7.63. The first-order valence-corrected chi connectivity index (χ1v) is 12.7. The molecule has 6 heteroatoms.